The van der Waals surface area contributed by atoms with Gasteiger partial charge in [0.2, 0.25) is 5.91 Å². The van der Waals surface area contributed by atoms with E-state index in [0.29, 0.717) is 17.3 Å². The summed E-state index contributed by atoms with van der Waals surface area (Å²) in [5, 5.41) is 0.647. The van der Waals surface area contributed by atoms with E-state index in [-0.39, 0.29) is 17.5 Å². The number of nitrogens with zero attached hydrogens (tertiary/aromatic N) is 2. The summed E-state index contributed by atoms with van der Waals surface area (Å²) in [7, 11) is 0. The predicted octanol–water partition coefficient (Wildman–Crippen LogP) is 5.23. The Labute approximate surface area is 152 Å². The highest BCUT2D eigenvalue weighted by atomic mass is 35.5. The van der Waals surface area contributed by atoms with Gasteiger partial charge in [0.1, 0.15) is 5.82 Å². The Morgan fingerprint density at radius 1 is 1.29 bits per heavy atom. The van der Waals surface area contributed by atoms with Crippen molar-refractivity contribution in [3.63, 3.8) is 0 Å². The van der Waals surface area contributed by atoms with Gasteiger partial charge in [0.15, 0.2) is 4.34 Å². The van der Waals surface area contributed by atoms with Gasteiger partial charge in [-0.1, -0.05) is 23.4 Å². The normalized spacial score (nSPS) is 11.0. The van der Waals surface area contributed by atoms with Crippen LogP contribution in [0, 0.1) is 5.82 Å². The molecular weight excluding hydrogens is 367 g/mol. The number of amides is 1. The Balaban J connectivity index is 1.69. The molecule has 3 aromatic rings. The molecule has 2 aromatic carbocycles. The molecule has 3 rings (SSSR count). The fraction of sp³-hybridized carbons (Fsp3) is 0.176. The molecule has 0 saturated heterocycles. The van der Waals surface area contributed by atoms with Gasteiger partial charge in [-0.3, -0.25) is 4.79 Å². The van der Waals surface area contributed by atoms with Crippen molar-refractivity contribution < 1.29 is 9.18 Å². The highest BCUT2D eigenvalue weighted by molar-refractivity contribution is 8.01. The minimum atomic E-state index is -0.315. The molecule has 0 N–H and O–H groups in total. The van der Waals surface area contributed by atoms with E-state index in [1.54, 1.807) is 17.0 Å². The Morgan fingerprint density at radius 3 is 2.75 bits per heavy atom. The molecule has 24 heavy (non-hydrogen) atoms. The number of fused-ring (bicyclic) bond motifs is 1. The third-order valence-corrected chi connectivity index (χ3v) is 5.80. The summed E-state index contributed by atoms with van der Waals surface area (Å²) >= 11 is 8.90. The summed E-state index contributed by atoms with van der Waals surface area (Å²) in [5.74, 6) is -0.0742. The van der Waals surface area contributed by atoms with Gasteiger partial charge < -0.3 is 4.90 Å². The maximum Gasteiger partial charge on any atom is 0.237 e. The van der Waals surface area contributed by atoms with Crippen LogP contribution in [0.3, 0.4) is 0 Å². The summed E-state index contributed by atoms with van der Waals surface area (Å²) in [4.78, 5) is 18.6. The molecule has 0 radical (unpaired) electrons. The summed E-state index contributed by atoms with van der Waals surface area (Å²) in [6, 6.07) is 11.5. The minimum absolute atomic E-state index is 0.0357. The molecule has 0 saturated carbocycles. The molecule has 7 heteroatoms. The van der Waals surface area contributed by atoms with E-state index in [1.165, 1.54) is 35.2 Å². The number of rotatable bonds is 5. The van der Waals surface area contributed by atoms with Gasteiger partial charge in [0.25, 0.3) is 0 Å². The number of carbonyl (C=O) groups excluding carboxylic acids is 1. The van der Waals surface area contributed by atoms with Crippen molar-refractivity contribution in [1.29, 1.82) is 0 Å². The standard InChI is InChI=1S/C17H14ClFN2OS2/c1-2-21(13-6-4-12(19)5-7-13)16(22)10-23-17-20-14-9-11(18)3-8-15(14)24-17/h3-9H,2,10H2,1H3. The van der Waals surface area contributed by atoms with Crippen LogP contribution in [0.15, 0.2) is 46.8 Å². The lowest BCUT2D eigenvalue weighted by Crippen LogP contribution is -2.32. The monoisotopic (exact) mass is 380 g/mol. The van der Waals surface area contributed by atoms with Crippen molar-refractivity contribution in [2.24, 2.45) is 0 Å². The molecule has 0 unspecified atom stereocenters. The molecule has 0 atom stereocenters. The second-order valence-corrected chi connectivity index (χ2v) is 7.68. The highest BCUT2D eigenvalue weighted by Gasteiger charge is 2.15. The van der Waals surface area contributed by atoms with Crippen LogP contribution in [0.2, 0.25) is 5.02 Å². The van der Waals surface area contributed by atoms with Gasteiger partial charge in [-0.25, -0.2) is 9.37 Å². The third kappa shape index (κ3) is 3.88. The molecule has 1 heterocycles. The first-order valence-electron chi connectivity index (χ1n) is 7.31. The second kappa shape index (κ2) is 7.51. The maximum atomic E-state index is 13.0. The number of aromatic nitrogens is 1. The Morgan fingerprint density at radius 2 is 2.04 bits per heavy atom. The quantitative estimate of drug-likeness (QED) is 0.568. The van der Waals surface area contributed by atoms with Crippen molar-refractivity contribution in [3.05, 3.63) is 53.3 Å². The first-order valence-corrected chi connectivity index (χ1v) is 9.49. The van der Waals surface area contributed by atoms with Crippen LogP contribution in [0.25, 0.3) is 10.2 Å². The number of benzene rings is 2. The Hall–Kier alpha value is -1.63. The molecule has 1 amide bonds. The molecule has 3 nitrogen and oxygen atoms in total. The van der Waals surface area contributed by atoms with Crippen molar-refractivity contribution in [2.45, 2.75) is 11.3 Å². The van der Waals surface area contributed by atoms with Gasteiger partial charge in [-0.2, -0.15) is 0 Å². The molecule has 0 aliphatic heterocycles. The Kier molecular flexibility index (Phi) is 5.38. The number of thioether (sulfide) groups is 1. The molecular formula is C17H14ClFN2OS2. The van der Waals surface area contributed by atoms with Crippen molar-refractivity contribution in [1.82, 2.24) is 4.98 Å². The summed E-state index contributed by atoms with van der Waals surface area (Å²) in [6.45, 7) is 2.42. The zero-order valence-electron chi connectivity index (χ0n) is 12.8. The zero-order valence-corrected chi connectivity index (χ0v) is 15.2. The van der Waals surface area contributed by atoms with Gasteiger partial charge >= 0.3 is 0 Å². The second-order valence-electron chi connectivity index (χ2n) is 4.99. The third-order valence-electron chi connectivity index (χ3n) is 3.40. The predicted molar refractivity (Wildman–Crippen MR) is 99.8 cm³/mol. The fourth-order valence-electron chi connectivity index (χ4n) is 2.27. The average molecular weight is 381 g/mol. The Bertz CT molecular complexity index is 867. The minimum Gasteiger partial charge on any atom is -0.312 e. The average Bonchev–Trinajstić information content (AvgIpc) is 2.97. The molecule has 0 aliphatic carbocycles. The van der Waals surface area contributed by atoms with E-state index in [2.05, 4.69) is 4.98 Å². The highest BCUT2D eigenvalue weighted by Crippen LogP contribution is 2.31. The maximum absolute atomic E-state index is 13.0. The molecule has 124 valence electrons. The van der Waals surface area contributed by atoms with Crippen molar-refractivity contribution in [2.75, 3.05) is 17.2 Å². The first-order chi connectivity index (χ1) is 11.6. The molecule has 1 aromatic heterocycles. The lowest BCUT2D eigenvalue weighted by molar-refractivity contribution is -0.116. The zero-order chi connectivity index (χ0) is 17.1. The number of halogens is 2. The van der Waals surface area contributed by atoms with Crippen molar-refractivity contribution in [3.8, 4) is 0 Å². The molecule has 0 aliphatic rings. The van der Waals surface area contributed by atoms with Crippen LogP contribution in [0.5, 0.6) is 0 Å². The SMILES string of the molecule is CCN(C(=O)CSc1nc2cc(Cl)ccc2s1)c1ccc(F)cc1. The van der Waals surface area contributed by atoms with Crippen LogP contribution in [0.1, 0.15) is 6.92 Å². The number of thiazole rings is 1. The molecule has 0 spiro atoms. The van der Waals surface area contributed by atoms with E-state index < -0.39 is 0 Å². The van der Waals surface area contributed by atoms with Gasteiger partial charge in [0.05, 0.1) is 16.0 Å². The largest absolute Gasteiger partial charge is 0.312 e. The van der Waals surface area contributed by atoms with Crippen LogP contribution in [-0.2, 0) is 4.79 Å². The van der Waals surface area contributed by atoms with Crippen LogP contribution >= 0.6 is 34.7 Å². The number of hydrogen-bond donors (Lipinski definition) is 0. The number of hydrogen-bond acceptors (Lipinski definition) is 4. The van der Waals surface area contributed by atoms with Crippen LogP contribution in [0.4, 0.5) is 10.1 Å². The van der Waals surface area contributed by atoms with Gasteiger partial charge in [0, 0.05) is 17.3 Å². The van der Waals surface area contributed by atoms with E-state index in [1.807, 2.05) is 25.1 Å². The summed E-state index contributed by atoms with van der Waals surface area (Å²) in [6.07, 6.45) is 0. The van der Waals surface area contributed by atoms with E-state index in [4.69, 9.17) is 11.6 Å². The number of anilines is 1. The number of carbonyl (C=O) groups is 1. The van der Waals surface area contributed by atoms with Crippen molar-refractivity contribution >= 4 is 56.5 Å². The van der Waals surface area contributed by atoms with Crippen LogP contribution < -0.4 is 4.90 Å². The van der Waals surface area contributed by atoms with Crippen LogP contribution in [-0.4, -0.2) is 23.2 Å². The van der Waals surface area contributed by atoms with E-state index in [9.17, 15) is 9.18 Å². The topological polar surface area (TPSA) is 33.2 Å². The molecule has 0 fully saturated rings. The smallest absolute Gasteiger partial charge is 0.237 e. The van der Waals surface area contributed by atoms with Gasteiger partial charge in [-0.05, 0) is 49.4 Å². The van der Waals surface area contributed by atoms with Gasteiger partial charge in [-0.15, -0.1) is 11.3 Å². The summed E-state index contributed by atoms with van der Waals surface area (Å²) < 4.78 is 14.9. The van der Waals surface area contributed by atoms with E-state index in [0.717, 1.165) is 14.6 Å². The van der Waals surface area contributed by atoms with E-state index >= 15 is 0 Å². The fourth-order valence-corrected chi connectivity index (χ4v) is 4.36. The first kappa shape index (κ1) is 17.2. The lowest BCUT2D eigenvalue weighted by Gasteiger charge is -2.20. The lowest BCUT2D eigenvalue weighted by atomic mass is 10.3. The molecule has 0 bridgehead atoms. The summed E-state index contributed by atoms with van der Waals surface area (Å²) in [5.41, 5.74) is 1.54.